The summed E-state index contributed by atoms with van der Waals surface area (Å²) < 4.78 is 16.8. The maximum atomic E-state index is 6.29. The Labute approximate surface area is 118 Å². The van der Waals surface area contributed by atoms with E-state index in [1.807, 2.05) is 18.2 Å². The van der Waals surface area contributed by atoms with Crippen LogP contribution in [-0.2, 0) is 9.47 Å². The third kappa shape index (κ3) is 3.20. The highest BCUT2D eigenvalue weighted by molar-refractivity contribution is 6.32. The molecule has 0 aliphatic carbocycles. The van der Waals surface area contributed by atoms with E-state index < -0.39 is 0 Å². The van der Waals surface area contributed by atoms with Crippen LogP contribution in [0.3, 0.4) is 0 Å². The van der Waals surface area contributed by atoms with Crippen molar-refractivity contribution in [1.82, 2.24) is 5.32 Å². The molecule has 0 amide bonds. The van der Waals surface area contributed by atoms with E-state index in [0.29, 0.717) is 11.6 Å². The average Bonchev–Trinajstić information content (AvgIpc) is 2.95. The number of hydrogen-bond donors (Lipinski definition) is 1. The molecular weight excluding hydrogens is 266 g/mol. The lowest BCUT2D eigenvalue weighted by atomic mass is 10.1. The van der Waals surface area contributed by atoms with Gasteiger partial charge < -0.3 is 19.5 Å². The molecule has 19 heavy (non-hydrogen) atoms. The number of rotatable bonds is 3. The van der Waals surface area contributed by atoms with Crippen LogP contribution in [0.25, 0.3) is 0 Å². The van der Waals surface area contributed by atoms with Gasteiger partial charge in [-0.3, -0.25) is 0 Å². The Balaban J connectivity index is 1.69. The number of ether oxygens (including phenoxy) is 3. The van der Waals surface area contributed by atoms with E-state index in [1.54, 1.807) is 0 Å². The summed E-state index contributed by atoms with van der Waals surface area (Å²) in [5.74, 6) is 0.727. The van der Waals surface area contributed by atoms with Crippen LogP contribution in [0.2, 0.25) is 5.02 Å². The number of nitrogens with one attached hydrogen (secondary N) is 1. The van der Waals surface area contributed by atoms with E-state index in [2.05, 4.69) is 5.32 Å². The Morgan fingerprint density at radius 2 is 2.26 bits per heavy atom. The summed E-state index contributed by atoms with van der Waals surface area (Å²) in [7, 11) is 0. The van der Waals surface area contributed by atoms with Crippen LogP contribution < -0.4 is 10.1 Å². The molecule has 2 aliphatic rings. The standard InChI is InChI=1S/C14H18ClNO3/c15-12-7-10(14-8-16-4-6-18-14)1-2-13(12)19-11-3-5-17-9-11/h1-2,7,11,14,16H,3-6,8-9H2. The summed E-state index contributed by atoms with van der Waals surface area (Å²) in [5, 5.41) is 3.95. The van der Waals surface area contributed by atoms with Crippen molar-refractivity contribution in [2.24, 2.45) is 0 Å². The SMILES string of the molecule is Clc1cc(C2CNCCO2)ccc1OC1CCOC1. The van der Waals surface area contributed by atoms with E-state index in [-0.39, 0.29) is 12.2 Å². The van der Waals surface area contributed by atoms with Gasteiger partial charge in [0, 0.05) is 19.5 Å². The molecule has 0 spiro atoms. The molecule has 5 heteroatoms. The zero-order chi connectivity index (χ0) is 13.1. The molecule has 1 aromatic rings. The highest BCUT2D eigenvalue weighted by Crippen LogP contribution is 2.31. The van der Waals surface area contributed by atoms with Crippen LogP contribution in [0.4, 0.5) is 0 Å². The van der Waals surface area contributed by atoms with Gasteiger partial charge in [0.15, 0.2) is 0 Å². The van der Waals surface area contributed by atoms with Gasteiger partial charge in [0.05, 0.1) is 30.9 Å². The molecule has 1 aromatic carbocycles. The molecule has 2 heterocycles. The number of benzene rings is 1. The maximum absolute atomic E-state index is 6.29. The van der Waals surface area contributed by atoms with Gasteiger partial charge in [0.1, 0.15) is 11.9 Å². The van der Waals surface area contributed by atoms with E-state index in [1.165, 1.54) is 0 Å². The molecule has 2 fully saturated rings. The molecule has 2 aliphatic heterocycles. The third-order valence-corrected chi connectivity index (χ3v) is 3.73. The molecule has 0 radical (unpaired) electrons. The molecule has 104 valence electrons. The molecule has 3 rings (SSSR count). The second-order valence-electron chi connectivity index (χ2n) is 4.86. The zero-order valence-corrected chi connectivity index (χ0v) is 11.5. The number of hydrogen-bond acceptors (Lipinski definition) is 4. The predicted molar refractivity (Wildman–Crippen MR) is 72.9 cm³/mol. The van der Waals surface area contributed by atoms with Gasteiger partial charge in [-0.1, -0.05) is 17.7 Å². The number of morpholine rings is 1. The van der Waals surface area contributed by atoms with E-state index in [0.717, 1.165) is 44.0 Å². The summed E-state index contributed by atoms with van der Waals surface area (Å²) in [4.78, 5) is 0. The Morgan fingerprint density at radius 1 is 1.32 bits per heavy atom. The van der Waals surface area contributed by atoms with Crippen LogP contribution in [0.1, 0.15) is 18.1 Å². The lowest BCUT2D eigenvalue weighted by Gasteiger charge is -2.24. The Bertz CT molecular complexity index is 429. The van der Waals surface area contributed by atoms with Crippen molar-refractivity contribution in [3.63, 3.8) is 0 Å². The smallest absolute Gasteiger partial charge is 0.138 e. The maximum Gasteiger partial charge on any atom is 0.138 e. The summed E-state index contributed by atoms with van der Waals surface area (Å²) in [6.45, 7) is 3.88. The van der Waals surface area contributed by atoms with Crippen molar-refractivity contribution in [2.75, 3.05) is 32.9 Å². The summed E-state index contributed by atoms with van der Waals surface area (Å²) in [5.41, 5.74) is 1.09. The lowest BCUT2D eigenvalue weighted by molar-refractivity contribution is 0.0276. The van der Waals surface area contributed by atoms with Crippen LogP contribution >= 0.6 is 11.6 Å². The van der Waals surface area contributed by atoms with Gasteiger partial charge >= 0.3 is 0 Å². The minimum atomic E-state index is 0.0788. The second kappa shape index (κ2) is 6.09. The first-order chi connectivity index (χ1) is 9.33. The van der Waals surface area contributed by atoms with Crippen molar-refractivity contribution in [3.05, 3.63) is 28.8 Å². The molecule has 2 unspecified atom stereocenters. The zero-order valence-electron chi connectivity index (χ0n) is 10.7. The summed E-state index contributed by atoms with van der Waals surface area (Å²) in [6, 6.07) is 5.88. The summed E-state index contributed by atoms with van der Waals surface area (Å²) in [6.07, 6.45) is 1.12. The average molecular weight is 284 g/mol. The molecule has 2 saturated heterocycles. The minimum Gasteiger partial charge on any atom is -0.486 e. The molecule has 2 atom stereocenters. The van der Waals surface area contributed by atoms with Gasteiger partial charge in [-0.05, 0) is 17.7 Å². The van der Waals surface area contributed by atoms with E-state index >= 15 is 0 Å². The molecule has 4 nitrogen and oxygen atoms in total. The Hall–Kier alpha value is -0.810. The lowest BCUT2D eigenvalue weighted by Crippen LogP contribution is -2.33. The van der Waals surface area contributed by atoms with Crippen molar-refractivity contribution in [2.45, 2.75) is 18.6 Å². The van der Waals surface area contributed by atoms with Crippen molar-refractivity contribution >= 4 is 11.6 Å². The van der Waals surface area contributed by atoms with Gasteiger partial charge in [-0.15, -0.1) is 0 Å². The normalized spacial score (nSPS) is 27.4. The second-order valence-corrected chi connectivity index (χ2v) is 5.26. The van der Waals surface area contributed by atoms with Crippen LogP contribution in [0.15, 0.2) is 18.2 Å². The highest BCUT2D eigenvalue weighted by atomic mass is 35.5. The molecule has 0 saturated carbocycles. The molecule has 0 bridgehead atoms. The van der Waals surface area contributed by atoms with E-state index in [4.69, 9.17) is 25.8 Å². The minimum absolute atomic E-state index is 0.0788. The Kier molecular flexibility index (Phi) is 4.23. The first-order valence-corrected chi connectivity index (χ1v) is 7.07. The van der Waals surface area contributed by atoms with Gasteiger partial charge in [-0.25, -0.2) is 0 Å². The highest BCUT2D eigenvalue weighted by Gasteiger charge is 2.20. The van der Waals surface area contributed by atoms with Crippen LogP contribution in [0.5, 0.6) is 5.75 Å². The van der Waals surface area contributed by atoms with Crippen LogP contribution in [-0.4, -0.2) is 39.0 Å². The fourth-order valence-electron chi connectivity index (χ4n) is 2.38. The molecule has 1 N–H and O–H groups in total. The fourth-order valence-corrected chi connectivity index (χ4v) is 2.61. The Morgan fingerprint density at radius 3 is 2.95 bits per heavy atom. The third-order valence-electron chi connectivity index (χ3n) is 3.44. The molecule has 0 aromatic heterocycles. The quantitative estimate of drug-likeness (QED) is 0.923. The first kappa shape index (κ1) is 13.2. The number of halogens is 1. The predicted octanol–water partition coefficient (Wildman–Crippen LogP) is 2.17. The van der Waals surface area contributed by atoms with Gasteiger partial charge in [0.2, 0.25) is 0 Å². The largest absolute Gasteiger partial charge is 0.486 e. The van der Waals surface area contributed by atoms with Crippen molar-refractivity contribution in [1.29, 1.82) is 0 Å². The van der Waals surface area contributed by atoms with Crippen LogP contribution in [0, 0.1) is 0 Å². The first-order valence-electron chi connectivity index (χ1n) is 6.69. The van der Waals surface area contributed by atoms with Gasteiger partial charge in [-0.2, -0.15) is 0 Å². The van der Waals surface area contributed by atoms with E-state index in [9.17, 15) is 0 Å². The van der Waals surface area contributed by atoms with Crippen molar-refractivity contribution in [3.8, 4) is 5.75 Å². The fraction of sp³-hybridized carbons (Fsp3) is 0.571. The summed E-state index contributed by atoms with van der Waals surface area (Å²) >= 11 is 6.29. The molecular formula is C14H18ClNO3. The topological polar surface area (TPSA) is 39.7 Å². The van der Waals surface area contributed by atoms with Gasteiger partial charge in [0.25, 0.3) is 0 Å². The van der Waals surface area contributed by atoms with Crippen molar-refractivity contribution < 1.29 is 14.2 Å². The monoisotopic (exact) mass is 283 g/mol.